The van der Waals surface area contributed by atoms with Crippen LogP contribution in [0.15, 0.2) is 104 Å². The van der Waals surface area contributed by atoms with Gasteiger partial charge < -0.3 is 25.3 Å². The fourth-order valence-corrected chi connectivity index (χ4v) is 6.43. The van der Waals surface area contributed by atoms with E-state index in [0.29, 0.717) is 33.9 Å². The Hall–Kier alpha value is -4.56. The Kier molecular flexibility index (Phi) is 9.97. The van der Waals surface area contributed by atoms with Crippen molar-refractivity contribution in [2.75, 3.05) is 18.5 Å². The van der Waals surface area contributed by atoms with E-state index >= 15 is 0 Å². The van der Waals surface area contributed by atoms with Gasteiger partial charge in [0.15, 0.2) is 0 Å². The molecule has 5 aromatic rings. The number of hydrogen-bond donors (Lipinski definition) is 3. The molecule has 0 saturated carbocycles. The molecule has 47 heavy (non-hydrogen) atoms. The summed E-state index contributed by atoms with van der Waals surface area (Å²) in [5.74, 6) is 0.0289. The number of amides is 1. The molecule has 0 spiro atoms. The molecule has 0 aliphatic carbocycles. The maximum Gasteiger partial charge on any atom is 0.272 e. The number of aromatic amines is 1. The van der Waals surface area contributed by atoms with Crippen LogP contribution in [-0.4, -0.2) is 40.0 Å². The van der Waals surface area contributed by atoms with Crippen LogP contribution in [-0.2, 0) is 0 Å². The highest BCUT2D eigenvalue weighted by Gasteiger charge is 2.29. The van der Waals surface area contributed by atoms with Gasteiger partial charge in [-0.05, 0) is 92.5 Å². The van der Waals surface area contributed by atoms with E-state index in [1.807, 2.05) is 66.9 Å². The molecular formula is C38H37Cl2N5O2. The number of carbonyl (C=O) groups is 1. The zero-order chi connectivity index (χ0) is 32.9. The molecule has 1 saturated heterocycles. The molecule has 7 nitrogen and oxygen atoms in total. The van der Waals surface area contributed by atoms with E-state index in [2.05, 4.69) is 58.1 Å². The largest absolute Gasteiger partial charge is 0.475 e. The van der Waals surface area contributed by atoms with Crippen molar-refractivity contribution in [3.63, 3.8) is 0 Å². The number of H-pyrrole nitrogens is 1. The van der Waals surface area contributed by atoms with Crippen molar-refractivity contribution in [1.82, 2.24) is 20.2 Å². The highest BCUT2D eigenvalue weighted by atomic mass is 35.5. The van der Waals surface area contributed by atoms with E-state index in [4.69, 9.17) is 27.9 Å². The van der Waals surface area contributed by atoms with E-state index in [1.165, 1.54) is 0 Å². The smallest absolute Gasteiger partial charge is 0.272 e. The lowest BCUT2D eigenvalue weighted by atomic mass is 9.95. The molecule has 1 aliphatic heterocycles. The number of fused-ring (bicyclic) bond motifs is 1. The van der Waals surface area contributed by atoms with Gasteiger partial charge in [-0.15, -0.1) is 0 Å². The highest BCUT2D eigenvalue weighted by molar-refractivity contribution is 6.31. The summed E-state index contributed by atoms with van der Waals surface area (Å²) in [4.78, 5) is 24.3. The second-order valence-corrected chi connectivity index (χ2v) is 12.5. The van der Waals surface area contributed by atoms with E-state index < -0.39 is 0 Å². The summed E-state index contributed by atoms with van der Waals surface area (Å²) in [7, 11) is 0. The first kappa shape index (κ1) is 32.4. The Morgan fingerprint density at radius 1 is 1.09 bits per heavy atom. The summed E-state index contributed by atoms with van der Waals surface area (Å²) in [6.45, 7) is 9.85. The highest BCUT2D eigenvalue weighted by Crippen LogP contribution is 2.41. The summed E-state index contributed by atoms with van der Waals surface area (Å²) in [6.07, 6.45) is 5.62. The van der Waals surface area contributed by atoms with E-state index in [9.17, 15) is 4.79 Å². The predicted molar refractivity (Wildman–Crippen MR) is 193 cm³/mol. The molecule has 3 aromatic carbocycles. The van der Waals surface area contributed by atoms with Crippen molar-refractivity contribution in [3.05, 3.63) is 136 Å². The SMILES string of the molecule is C=CN(/C(=C(\C)c1ccccc1)c1c(C(=O)Nc2cccnc2OC[C@@H]2CCCN2)[nH]c2cc(Cl)ccc12)C(C)c1ccc(Cl)cc1. The van der Waals surface area contributed by atoms with Crippen LogP contribution in [0.2, 0.25) is 10.0 Å². The average molecular weight is 667 g/mol. The molecule has 9 heteroatoms. The zero-order valence-corrected chi connectivity index (χ0v) is 27.9. The Morgan fingerprint density at radius 3 is 2.57 bits per heavy atom. The van der Waals surface area contributed by atoms with E-state index in [-0.39, 0.29) is 18.0 Å². The third-order valence-electron chi connectivity index (χ3n) is 8.61. The topological polar surface area (TPSA) is 82.3 Å². The molecule has 3 heterocycles. The second kappa shape index (κ2) is 14.5. The first-order valence-corrected chi connectivity index (χ1v) is 16.5. The number of ether oxygens (including phenoxy) is 1. The molecule has 1 unspecified atom stereocenters. The molecule has 1 aliphatic rings. The van der Waals surface area contributed by atoms with E-state index in [1.54, 1.807) is 18.3 Å². The number of carbonyl (C=O) groups excluding carboxylic acids is 1. The molecular weight excluding hydrogens is 629 g/mol. The lowest BCUT2D eigenvalue weighted by Gasteiger charge is -2.32. The van der Waals surface area contributed by atoms with Crippen LogP contribution in [0.25, 0.3) is 22.2 Å². The molecule has 0 radical (unpaired) electrons. The number of benzene rings is 3. The number of aromatic nitrogens is 2. The third kappa shape index (κ3) is 7.08. The second-order valence-electron chi connectivity index (χ2n) is 11.6. The standard InChI is InChI=1S/C38H37Cl2N5O2/c1-4-45(25(3)27-14-16-28(39)17-15-27)36(24(2)26-10-6-5-7-11-26)34-31-19-18-29(40)22-33(31)43-35(34)37(46)44-32-13-9-21-42-38(32)47-23-30-12-8-20-41-30/h4-7,9-11,13-19,21-22,25,30,41,43H,1,8,12,20,23H2,2-3H3,(H,44,46)/b36-24+/t25?,30-/m0/s1. The third-order valence-corrected chi connectivity index (χ3v) is 9.10. The van der Waals surface area contributed by atoms with Crippen LogP contribution >= 0.6 is 23.2 Å². The first-order chi connectivity index (χ1) is 22.8. The lowest BCUT2D eigenvalue weighted by Crippen LogP contribution is -2.28. The Balaban J connectivity index is 1.49. The number of anilines is 1. The minimum absolute atomic E-state index is 0.158. The number of rotatable bonds is 11. The molecule has 1 fully saturated rings. The Morgan fingerprint density at radius 2 is 1.85 bits per heavy atom. The molecule has 3 N–H and O–H groups in total. The van der Waals surface area contributed by atoms with Gasteiger partial charge in [-0.25, -0.2) is 4.98 Å². The van der Waals surface area contributed by atoms with Gasteiger partial charge in [0.05, 0.1) is 11.7 Å². The van der Waals surface area contributed by atoms with Crippen molar-refractivity contribution in [2.24, 2.45) is 0 Å². The predicted octanol–water partition coefficient (Wildman–Crippen LogP) is 9.35. The fourth-order valence-electron chi connectivity index (χ4n) is 6.13. The maximum absolute atomic E-state index is 14.4. The van der Waals surface area contributed by atoms with Crippen LogP contribution in [0.4, 0.5) is 5.69 Å². The molecule has 6 rings (SSSR count). The lowest BCUT2D eigenvalue weighted by molar-refractivity contribution is 0.102. The summed E-state index contributed by atoms with van der Waals surface area (Å²) in [5.41, 5.74) is 6.14. The quantitative estimate of drug-likeness (QED) is 0.131. The molecule has 240 valence electrons. The number of pyridine rings is 1. The minimum Gasteiger partial charge on any atom is -0.475 e. The molecule has 2 atom stereocenters. The van der Waals surface area contributed by atoms with Gasteiger partial charge in [0.1, 0.15) is 18.0 Å². The fraction of sp³-hybridized carbons (Fsp3) is 0.211. The van der Waals surface area contributed by atoms with Gasteiger partial charge in [0.2, 0.25) is 5.88 Å². The van der Waals surface area contributed by atoms with Crippen molar-refractivity contribution >= 4 is 57.0 Å². The van der Waals surface area contributed by atoms with Gasteiger partial charge >= 0.3 is 0 Å². The molecule has 2 aromatic heterocycles. The van der Waals surface area contributed by atoms with Crippen LogP contribution in [0.3, 0.4) is 0 Å². The van der Waals surface area contributed by atoms with Crippen molar-refractivity contribution in [1.29, 1.82) is 0 Å². The van der Waals surface area contributed by atoms with Gasteiger partial charge in [0, 0.05) is 38.8 Å². The van der Waals surface area contributed by atoms with Gasteiger partial charge in [-0.1, -0.05) is 78.3 Å². The number of nitrogens with zero attached hydrogens (tertiary/aromatic N) is 2. The van der Waals surface area contributed by atoms with Crippen LogP contribution < -0.4 is 15.4 Å². The monoisotopic (exact) mass is 665 g/mol. The summed E-state index contributed by atoms with van der Waals surface area (Å²) < 4.78 is 6.09. The number of hydrogen-bond acceptors (Lipinski definition) is 5. The van der Waals surface area contributed by atoms with E-state index in [0.717, 1.165) is 58.2 Å². The van der Waals surface area contributed by atoms with Crippen molar-refractivity contribution in [2.45, 2.75) is 38.8 Å². The number of nitrogens with one attached hydrogen (secondary N) is 3. The number of allylic oxidation sites excluding steroid dienone is 1. The van der Waals surface area contributed by atoms with Crippen LogP contribution in [0.1, 0.15) is 59.9 Å². The number of halogens is 2. The summed E-state index contributed by atoms with van der Waals surface area (Å²) in [6, 6.07) is 27.2. The molecule has 0 bridgehead atoms. The normalized spacial score (nSPS) is 15.6. The van der Waals surface area contributed by atoms with Gasteiger partial charge in [-0.2, -0.15) is 0 Å². The van der Waals surface area contributed by atoms with Crippen molar-refractivity contribution < 1.29 is 9.53 Å². The average Bonchev–Trinajstić information content (AvgIpc) is 3.75. The Bertz CT molecular complexity index is 1910. The minimum atomic E-state index is -0.342. The zero-order valence-electron chi connectivity index (χ0n) is 26.4. The summed E-state index contributed by atoms with van der Waals surface area (Å²) >= 11 is 12.7. The van der Waals surface area contributed by atoms with Crippen molar-refractivity contribution in [3.8, 4) is 5.88 Å². The molecule has 1 amide bonds. The van der Waals surface area contributed by atoms with Crippen LogP contribution in [0.5, 0.6) is 5.88 Å². The van der Waals surface area contributed by atoms with Gasteiger partial charge in [-0.3, -0.25) is 4.79 Å². The maximum atomic E-state index is 14.4. The summed E-state index contributed by atoms with van der Waals surface area (Å²) in [5, 5.41) is 8.58. The van der Waals surface area contributed by atoms with Crippen LogP contribution in [0, 0.1) is 0 Å². The first-order valence-electron chi connectivity index (χ1n) is 15.7. The van der Waals surface area contributed by atoms with Gasteiger partial charge in [0.25, 0.3) is 5.91 Å². The Labute approximate surface area is 285 Å².